The topological polar surface area (TPSA) is 72.2 Å². The number of fused-ring (bicyclic) bond motifs is 2. The van der Waals surface area contributed by atoms with Crippen molar-refractivity contribution in [1.29, 1.82) is 0 Å². The largest absolute Gasteiger partial charge is 0.487 e. The van der Waals surface area contributed by atoms with Gasteiger partial charge in [0, 0.05) is 28.9 Å². The molecule has 5 nitrogen and oxygen atoms in total. The molecular weight excluding hydrogens is 308 g/mol. The number of epoxide rings is 1. The lowest BCUT2D eigenvalue weighted by atomic mass is 9.82. The SMILES string of the molecule is CC(C)(O)[C@@H]1Cc2cc3cc(C(C)(C)[C@@H]4CO4)c(=O)oc3cc2O1. The van der Waals surface area contributed by atoms with E-state index in [1.807, 2.05) is 26.0 Å². The van der Waals surface area contributed by atoms with Crippen molar-refractivity contribution in [3.63, 3.8) is 0 Å². The summed E-state index contributed by atoms with van der Waals surface area (Å²) in [7, 11) is 0. The standard InChI is InChI=1S/C19H22O5/c1-18(2,16-9-22-16)12-6-10-5-11-7-15(19(3,4)21)23-13(11)8-14(10)24-17(12)20/h5-6,8,15-16,21H,7,9H2,1-4H3/t15-,16-/m0/s1. The van der Waals surface area contributed by atoms with Gasteiger partial charge in [0.25, 0.3) is 0 Å². The number of ether oxygens (including phenoxy) is 2. The van der Waals surface area contributed by atoms with Crippen LogP contribution in [0.5, 0.6) is 5.75 Å². The Hall–Kier alpha value is -1.85. The summed E-state index contributed by atoms with van der Waals surface area (Å²) < 4.78 is 16.8. The second-order valence-corrected chi connectivity index (χ2v) is 7.95. The normalized spacial score (nSPS) is 23.2. The summed E-state index contributed by atoms with van der Waals surface area (Å²) in [6.45, 7) is 8.15. The van der Waals surface area contributed by atoms with Crippen molar-refractivity contribution >= 4 is 11.0 Å². The second kappa shape index (κ2) is 4.83. The number of aliphatic hydroxyl groups is 1. The minimum atomic E-state index is -0.928. The van der Waals surface area contributed by atoms with Crippen LogP contribution in [0.2, 0.25) is 0 Å². The van der Waals surface area contributed by atoms with Crippen LogP contribution in [0.15, 0.2) is 27.4 Å². The highest BCUT2D eigenvalue weighted by atomic mass is 16.6. The predicted octanol–water partition coefficient (Wildman–Crippen LogP) is 2.54. The smallest absolute Gasteiger partial charge is 0.340 e. The average Bonchev–Trinajstić information content (AvgIpc) is 3.24. The minimum absolute atomic E-state index is 0.0650. The lowest BCUT2D eigenvalue weighted by Crippen LogP contribution is -2.39. The van der Waals surface area contributed by atoms with Crippen LogP contribution >= 0.6 is 0 Å². The molecule has 2 aliphatic rings. The molecule has 3 heterocycles. The van der Waals surface area contributed by atoms with Crippen LogP contribution in [-0.4, -0.2) is 29.5 Å². The van der Waals surface area contributed by atoms with E-state index in [0.29, 0.717) is 29.9 Å². The van der Waals surface area contributed by atoms with E-state index in [9.17, 15) is 9.90 Å². The van der Waals surface area contributed by atoms with Gasteiger partial charge in [-0.3, -0.25) is 0 Å². The third-order valence-electron chi connectivity index (χ3n) is 5.21. The average molecular weight is 330 g/mol. The minimum Gasteiger partial charge on any atom is -0.487 e. The van der Waals surface area contributed by atoms with Gasteiger partial charge >= 0.3 is 5.63 Å². The van der Waals surface area contributed by atoms with Crippen molar-refractivity contribution in [2.24, 2.45) is 0 Å². The number of hydrogen-bond donors (Lipinski definition) is 1. The van der Waals surface area contributed by atoms with Crippen molar-refractivity contribution in [1.82, 2.24) is 0 Å². The van der Waals surface area contributed by atoms with Gasteiger partial charge in [-0.05, 0) is 31.5 Å². The summed E-state index contributed by atoms with van der Waals surface area (Å²) in [5.74, 6) is 0.676. The molecule has 0 spiro atoms. The molecule has 0 unspecified atom stereocenters. The van der Waals surface area contributed by atoms with Crippen molar-refractivity contribution in [3.05, 3.63) is 39.7 Å². The molecule has 0 amide bonds. The number of hydrogen-bond acceptors (Lipinski definition) is 5. The Morgan fingerprint density at radius 2 is 1.83 bits per heavy atom. The first kappa shape index (κ1) is 15.7. The van der Waals surface area contributed by atoms with E-state index >= 15 is 0 Å². The van der Waals surface area contributed by atoms with Crippen LogP contribution in [0.1, 0.15) is 38.8 Å². The van der Waals surface area contributed by atoms with Gasteiger partial charge in [0.05, 0.1) is 18.3 Å². The van der Waals surface area contributed by atoms with Gasteiger partial charge in [0.1, 0.15) is 17.4 Å². The van der Waals surface area contributed by atoms with Crippen LogP contribution in [0, 0.1) is 0 Å². The molecule has 4 rings (SSSR count). The predicted molar refractivity (Wildman–Crippen MR) is 89.7 cm³/mol. The number of benzene rings is 1. The fraction of sp³-hybridized carbons (Fsp3) is 0.526. The molecule has 24 heavy (non-hydrogen) atoms. The summed E-state index contributed by atoms with van der Waals surface area (Å²) in [5.41, 5.74) is 0.527. The molecule has 5 heteroatoms. The van der Waals surface area contributed by atoms with Gasteiger partial charge in [-0.15, -0.1) is 0 Å². The first-order valence-corrected chi connectivity index (χ1v) is 8.28. The lowest BCUT2D eigenvalue weighted by molar-refractivity contribution is -0.0229. The summed E-state index contributed by atoms with van der Waals surface area (Å²) in [5, 5.41) is 11.0. The van der Waals surface area contributed by atoms with Gasteiger partial charge in [0.15, 0.2) is 0 Å². The van der Waals surface area contributed by atoms with Gasteiger partial charge in [-0.25, -0.2) is 4.79 Å². The maximum Gasteiger partial charge on any atom is 0.340 e. The van der Waals surface area contributed by atoms with Crippen LogP contribution < -0.4 is 10.4 Å². The Kier molecular flexibility index (Phi) is 3.15. The molecule has 2 aromatic rings. The van der Waals surface area contributed by atoms with Crippen LogP contribution in [0.25, 0.3) is 11.0 Å². The molecular formula is C19H22O5. The van der Waals surface area contributed by atoms with Crippen LogP contribution in [0.3, 0.4) is 0 Å². The lowest BCUT2D eigenvalue weighted by Gasteiger charge is -2.24. The third-order valence-corrected chi connectivity index (χ3v) is 5.21. The molecule has 128 valence electrons. The Morgan fingerprint density at radius 1 is 1.12 bits per heavy atom. The van der Waals surface area contributed by atoms with Crippen LogP contribution in [0.4, 0.5) is 0 Å². The highest BCUT2D eigenvalue weighted by molar-refractivity contribution is 5.80. The summed E-state index contributed by atoms with van der Waals surface area (Å²) in [4.78, 5) is 12.4. The van der Waals surface area contributed by atoms with Gasteiger partial charge < -0.3 is 19.0 Å². The molecule has 0 saturated carbocycles. The van der Waals surface area contributed by atoms with Gasteiger partial charge in [-0.2, -0.15) is 0 Å². The van der Waals surface area contributed by atoms with Crippen LogP contribution in [-0.2, 0) is 16.6 Å². The Labute approximate surface area is 140 Å². The van der Waals surface area contributed by atoms with Gasteiger partial charge in [-0.1, -0.05) is 13.8 Å². The fourth-order valence-corrected chi connectivity index (χ4v) is 3.34. The highest BCUT2D eigenvalue weighted by Crippen LogP contribution is 2.38. The van der Waals surface area contributed by atoms with Crippen molar-refractivity contribution < 1.29 is 19.0 Å². The molecule has 1 fully saturated rings. The zero-order valence-corrected chi connectivity index (χ0v) is 14.4. The fourth-order valence-electron chi connectivity index (χ4n) is 3.34. The molecule has 2 atom stereocenters. The maximum absolute atomic E-state index is 12.4. The van der Waals surface area contributed by atoms with E-state index in [1.165, 1.54) is 0 Å². The zero-order valence-electron chi connectivity index (χ0n) is 14.4. The van der Waals surface area contributed by atoms with E-state index in [1.54, 1.807) is 19.9 Å². The second-order valence-electron chi connectivity index (χ2n) is 7.95. The first-order valence-electron chi connectivity index (χ1n) is 8.28. The van der Waals surface area contributed by atoms with E-state index in [4.69, 9.17) is 13.9 Å². The summed E-state index contributed by atoms with van der Waals surface area (Å²) >= 11 is 0. The molecule has 1 aromatic carbocycles. The summed E-state index contributed by atoms with van der Waals surface area (Å²) in [6, 6.07) is 5.65. The molecule has 0 aliphatic carbocycles. The Balaban J connectivity index is 1.80. The van der Waals surface area contributed by atoms with E-state index in [-0.39, 0.29) is 23.2 Å². The third kappa shape index (κ3) is 2.43. The quantitative estimate of drug-likeness (QED) is 0.692. The van der Waals surface area contributed by atoms with Crippen molar-refractivity contribution in [2.75, 3.05) is 6.61 Å². The van der Waals surface area contributed by atoms with E-state index in [2.05, 4.69) is 0 Å². The molecule has 2 aliphatic heterocycles. The monoisotopic (exact) mass is 330 g/mol. The highest BCUT2D eigenvalue weighted by Gasteiger charge is 2.43. The Morgan fingerprint density at radius 3 is 2.46 bits per heavy atom. The molecule has 1 saturated heterocycles. The molecule has 0 bridgehead atoms. The first-order chi connectivity index (χ1) is 11.2. The van der Waals surface area contributed by atoms with E-state index < -0.39 is 5.60 Å². The molecule has 1 N–H and O–H groups in total. The summed E-state index contributed by atoms with van der Waals surface area (Å²) in [6.07, 6.45) is 0.403. The Bertz CT molecular complexity index is 868. The zero-order chi connectivity index (χ0) is 17.3. The van der Waals surface area contributed by atoms with Gasteiger partial charge in [0.2, 0.25) is 0 Å². The molecule has 0 radical (unpaired) electrons. The van der Waals surface area contributed by atoms with E-state index in [0.717, 1.165) is 10.9 Å². The number of rotatable bonds is 3. The van der Waals surface area contributed by atoms with Crippen molar-refractivity contribution in [3.8, 4) is 5.75 Å². The maximum atomic E-state index is 12.4. The molecule has 1 aromatic heterocycles. The van der Waals surface area contributed by atoms with Crippen molar-refractivity contribution in [2.45, 2.75) is 57.3 Å².